The van der Waals surface area contributed by atoms with E-state index in [9.17, 15) is 9.59 Å². The minimum absolute atomic E-state index is 0.0201. The quantitative estimate of drug-likeness (QED) is 0.0259. The Labute approximate surface area is 661 Å². The van der Waals surface area contributed by atoms with Crippen molar-refractivity contribution in [1.29, 1.82) is 0 Å². The highest BCUT2D eigenvalue weighted by Gasteiger charge is 2.24. The predicted octanol–water partition coefficient (Wildman–Crippen LogP) is 19.0. The highest BCUT2D eigenvalue weighted by Crippen LogP contribution is 2.30. The molecule has 9 heterocycles. The van der Waals surface area contributed by atoms with E-state index in [0.717, 1.165) is 79.8 Å². The third-order valence-electron chi connectivity index (χ3n) is 15.8. The number of amides is 1. The molecule has 24 nitrogen and oxygen atoms in total. The normalized spacial score (nSPS) is 14.9. The van der Waals surface area contributed by atoms with Crippen molar-refractivity contribution in [3.8, 4) is 0 Å². The van der Waals surface area contributed by atoms with Crippen molar-refractivity contribution in [3.63, 3.8) is 0 Å². The van der Waals surface area contributed by atoms with Crippen molar-refractivity contribution in [2.24, 2.45) is 5.73 Å². The van der Waals surface area contributed by atoms with E-state index in [1.807, 2.05) is 12.4 Å². The number of aliphatic hydroxyl groups excluding tert-OH is 1. The number of ether oxygens (including phenoxy) is 3. The SMILES string of the molecule is C=CC(=O)Nc1ccc(C(=O)O)cc1.CC(C)(C)c1cnc(CCl)o1.CC(C)(C)c1cnc(COCc2cnc(Br)s2)o1.CC(C)(C)c1cnc(COCc2cnc(NC3CCCCC3)s2)o1.CC(C)(C)c1cnc(COCc2cnc(N[C@@H]3CCCNC3)s2)o1.NC1CCCCC1.OCc1cnc(Br)s1. The van der Waals surface area contributed by atoms with Crippen LogP contribution in [0.4, 0.5) is 16.0 Å². The number of thiazole rings is 4. The number of aromatic carboxylic acids is 1. The summed E-state index contributed by atoms with van der Waals surface area (Å²) in [4.78, 5) is 59.1. The number of benzene rings is 1. The van der Waals surface area contributed by atoms with E-state index < -0.39 is 5.97 Å². The van der Waals surface area contributed by atoms with E-state index in [1.54, 1.807) is 71.2 Å². The molecule has 0 unspecified atom stereocenters. The minimum Gasteiger partial charge on any atom is -0.478 e. The van der Waals surface area contributed by atoms with Gasteiger partial charge in [-0.05, 0) is 107 Å². The monoisotopic (exact) mass is 1690 g/mol. The van der Waals surface area contributed by atoms with Gasteiger partial charge in [0.05, 0.1) is 82.2 Å². The van der Waals surface area contributed by atoms with Gasteiger partial charge in [-0.3, -0.25) is 4.79 Å². The third-order valence-corrected chi connectivity index (χ3v) is 20.7. The van der Waals surface area contributed by atoms with Crippen molar-refractivity contribution in [3.05, 3.63) is 166 Å². The molecule has 9 aromatic rings. The number of alkyl halides is 1. The third kappa shape index (κ3) is 34.2. The molecule has 0 bridgehead atoms. The fourth-order valence-corrected chi connectivity index (χ4v) is 14.1. The van der Waals surface area contributed by atoms with Crippen LogP contribution in [0.25, 0.3) is 0 Å². The van der Waals surface area contributed by atoms with E-state index in [4.69, 9.17) is 59.4 Å². The molecule has 8 N–H and O–H groups in total. The largest absolute Gasteiger partial charge is 0.478 e. The lowest BCUT2D eigenvalue weighted by molar-refractivity contribution is -0.111. The van der Waals surface area contributed by atoms with Crippen LogP contribution in [0.3, 0.4) is 0 Å². The molecule has 106 heavy (non-hydrogen) atoms. The first-order valence-electron chi connectivity index (χ1n) is 35.4. The summed E-state index contributed by atoms with van der Waals surface area (Å²) in [5, 5.41) is 32.0. The summed E-state index contributed by atoms with van der Waals surface area (Å²) in [6.45, 7) is 33.4. The second kappa shape index (κ2) is 45.1. The topological polar surface area (TPSA) is 332 Å². The Kier molecular flexibility index (Phi) is 37.8. The average molecular weight is 1690 g/mol. The molecule has 3 fully saturated rings. The summed E-state index contributed by atoms with van der Waals surface area (Å²) >= 11 is 18.3. The number of nitrogens with two attached hydrogens (primary N) is 1. The molecule has 2 saturated carbocycles. The van der Waals surface area contributed by atoms with Gasteiger partial charge in [-0.1, -0.05) is 151 Å². The number of piperidine rings is 1. The van der Waals surface area contributed by atoms with Gasteiger partial charge in [0.15, 0.2) is 18.1 Å². The molecular weight excluding hydrogens is 1580 g/mol. The van der Waals surface area contributed by atoms with Crippen LogP contribution in [0.15, 0.2) is 112 Å². The molecule has 3 aliphatic rings. The molecule has 1 atom stereocenters. The molecule has 1 aromatic carbocycles. The molecule has 1 amide bonds. The van der Waals surface area contributed by atoms with Crippen LogP contribution in [-0.2, 0) is 92.8 Å². The van der Waals surface area contributed by atoms with Gasteiger partial charge < -0.3 is 69.1 Å². The molecular formula is C75H106Br2ClN13O11S4. The van der Waals surface area contributed by atoms with E-state index in [2.05, 4.69) is 183 Å². The average Bonchev–Trinajstić information content (AvgIpc) is 1.36. The van der Waals surface area contributed by atoms with Crippen LogP contribution in [0.5, 0.6) is 0 Å². The van der Waals surface area contributed by atoms with E-state index in [0.29, 0.717) is 92.9 Å². The Morgan fingerprint density at radius 2 is 0.934 bits per heavy atom. The van der Waals surface area contributed by atoms with Crippen LogP contribution in [0.2, 0.25) is 0 Å². The maximum Gasteiger partial charge on any atom is 0.335 e. The van der Waals surface area contributed by atoms with Crippen molar-refractivity contribution >= 4 is 117 Å². The summed E-state index contributed by atoms with van der Waals surface area (Å²) in [5.41, 5.74) is 6.31. The number of carbonyl (C=O) groups excluding carboxylic acids is 1. The number of carbonyl (C=O) groups is 2. The highest BCUT2D eigenvalue weighted by atomic mass is 79.9. The molecule has 1 saturated heterocycles. The lowest BCUT2D eigenvalue weighted by Gasteiger charge is -2.23. The van der Waals surface area contributed by atoms with Gasteiger partial charge in [-0.25, -0.2) is 44.7 Å². The van der Waals surface area contributed by atoms with Crippen molar-refractivity contribution in [2.45, 2.75) is 252 Å². The van der Waals surface area contributed by atoms with E-state index in [-0.39, 0.29) is 39.7 Å². The van der Waals surface area contributed by atoms with E-state index >= 15 is 0 Å². The Hall–Kier alpha value is -6.13. The second-order valence-corrected chi connectivity index (χ2v) is 36.6. The number of nitrogens with zero attached hydrogens (tertiary/aromatic N) is 8. The van der Waals surface area contributed by atoms with Crippen LogP contribution in [0, 0.1) is 0 Å². The first kappa shape index (κ1) is 88.8. The minimum atomic E-state index is -0.994. The predicted molar refractivity (Wildman–Crippen MR) is 429 cm³/mol. The number of oxazole rings is 4. The number of halogens is 3. The number of anilines is 3. The number of aliphatic hydroxyl groups is 1. The number of aromatic nitrogens is 8. The zero-order valence-electron chi connectivity index (χ0n) is 63.0. The Morgan fingerprint density at radius 1 is 0.547 bits per heavy atom. The maximum absolute atomic E-state index is 10.9. The fourth-order valence-electron chi connectivity index (χ4n) is 9.79. The summed E-state index contributed by atoms with van der Waals surface area (Å²) in [6.07, 6.45) is 31.0. The molecule has 12 rings (SSSR count). The van der Waals surface area contributed by atoms with Gasteiger partial charge in [0.2, 0.25) is 29.5 Å². The van der Waals surface area contributed by atoms with Gasteiger partial charge in [0, 0.05) is 76.8 Å². The number of nitrogens with one attached hydrogen (secondary N) is 4. The summed E-state index contributed by atoms with van der Waals surface area (Å²) < 4.78 is 41.1. The Balaban J connectivity index is 0.000000201. The first-order valence-corrected chi connectivity index (χ1v) is 40.8. The van der Waals surface area contributed by atoms with Crippen molar-refractivity contribution < 1.29 is 51.7 Å². The van der Waals surface area contributed by atoms with E-state index in [1.165, 1.54) is 113 Å². The molecule has 8 aromatic heterocycles. The fraction of sp³-hybridized carbons (Fsp3) is 0.547. The lowest BCUT2D eigenvalue weighted by Crippen LogP contribution is -2.38. The van der Waals surface area contributed by atoms with Gasteiger partial charge in [0.1, 0.15) is 42.9 Å². The second-order valence-electron chi connectivity index (χ2n) is 29.3. The molecule has 582 valence electrons. The Morgan fingerprint density at radius 3 is 1.26 bits per heavy atom. The maximum atomic E-state index is 10.9. The van der Waals surface area contributed by atoms with Gasteiger partial charge in [-0.2, -0.15) is 0 Å². The molecule has 0 radical (unpaired) electrons. The number of carboxylic acid groups (broad SMARTS) is 1. The first-order chi connectivity index (χ1) is 50.3. The zero-order chi connectivity index (χ0) is 77.3. The standard InChI is InChI=1S/C18H27N3O2S.C17H26N4O2S.C12H15BrN2O2S.C10H9NO3.C8H12ClNO.C6H13N.C4H4BrNOS/c1-18(2,3)15-10-19-16(23-15)12-22-11-14-9-20-17(24-14)21-13-7-5-4-6-8-13;1-17(2,3)14-9-19-15(23-14)11-22-10-13-8-20-16(24-13)21-12-5-4-6-18-7-12;1-12(2,3)9-5-14-10(17-9)7-16-6-8-4-15-11(13)18-8;1-2-9(12)11-8-5-3-7(4-6-8)10(13)14;1-8(2,3)6-5-10-7(4-9)11-6;7-6-4-2-1-3-5-6;5-4-6-1-3(2-7)8-4/h9-10,13H,4-8,11-12H2,1-3H3,(H,20,21);8-9,12,18H,4-7,10-11H2,1-3H3,(H,20,21);4-5H,6-7H2,1-3H3;2-6H,1H2,(H,11,12)(H,13,14);5H,4H2,1-3H3;6H,1-5,7H2;1,7H,2H2/t;12-;;;;;/m.1...../s1. The van der Waals surface area contributed by atoms with Crippen molar-refractivity contribution in [2.75, 3.05) is 29.0 Å². The van der Waals surface area contributed by atoms with Crippen LogP contribution in [-0.4, -0.2) is 93.2 Å². The Bertz CT molecular complexity index is 3840. The van der Waals surface area contributed by atoms with Crippen LogP contribution >= 0.6 is 88.8 Å². The molecule has 2 aliphatic carbocycles. The van der Waals surface area contributed by atoms with Gasteiger partial charge in [0.25, 0.3) is 0 Å². The molecule has 0 spiro atoms. The molecule has 1 aliphatic heterocycles. The number of rotatable bonds is 21. The lowest BCUT2D eigenvalue weighted by atomic mass is 9.94. The number of hydrogen-bond donors (Lipinski definition) is 7. The smallest absolute Gasteiger partial charge is 0.335 e. The van der Waals surface area contributed by atoms with Crippen LogP contribution in [0.1, 0.15) is 237 Å². The van der Waals surface area contributed by atoms with Crippen molar-refractivity contribution in [1.82, 2.24) is 45.2 Å². The summed E-state index contributed by atoms with van der Waals surface area (Å²) in [7, 11) is 0. The van der Waals surface area contributed by atoms with Gasteiger partial charge >= 0.3 is 5.97 Å². The molecule has 31 heteroatoms. The number of hydrogen-bond acceptors (Lipinski definition) is 26. The summed E-state index contributed by atoms with van der Waals surface area (Å²) in [5.74, 6) is 5.01. The van der Waals surface area contributed by atoms with Crippen LogP contribution < -0.4 is 27.0 Å². The zero-order valence-corrected chi connectivity index (χ0v) is 70.2. The number of carboxylic acids is 1. The van der Waals surface area contributed by atoms with Gasteiger partial charge in [-0.15, -0.1) is 34.3 Å². The summed E-state index contributed by atoms with van der Waals surface area (Å²) in [6, 6.07) is 7.47. The highest BCUT2D eigenvalue weighted by molar-refractivity contribution is 9.11.